The molecular weight excluding hydrogens is 1160 g/mol. The predicted molar refractivity (Wildman–Crippen MR) is 407 cm³/mol. The predicted octanol–water partition coefficient (Wildman–Crippen LogP) is 23.9. The summed E-state index contributed by atoms with van der Waals surface area (Å²) in [7, 11) is 0. The fourth-order valence-corrected chi connectivity index (χ4v) is 19.9. The van der Waals surface area contributed by atoms with Gasteiger partial charge in [0.15, 0.2) is 5.78 Å². The van der Waals surface area contributed by atoms with Gasteiger partial charge in [-0.3, -0.25) is 9.78 Å². The van der Waals surface area contributed by atoms with E-state index in [1.165, 1.54) is 143 Å². The van der Waals surface area contributed by atoms with Crippen molar-refractivity contribution in [1.82, 2.24) is 13.8 Å². The number of aryl methyl sites for hydroxylation is 5. The van der Waals surface area contributed by atoms with Crippen molar-refractivity contribution in [3.8, 4) is 11.1 Å². The van der Waals surface area contributed by atoms with E-state index in [0.29, 0.717) is 5.78 Å². The Hall–Kier alpha value is -8.60. The average Bonchev–Trinajstić information content (AvgIpc) is 0.833. The lowest BCUT2D eigenvalue weighted by molar-refractivity contribution is -0.0398. The SMILES string of the molecule is CCc1cc(CC)c(-c2cc3c4cc5c(cc4n4c6cc7c8cc(C(C)(C)C)cc9c%10c(C)c(C%11(CCC(C)(C)c%12ccccc%12)C(C)(c%12ccccc%12)CC%11(C)c%11ccccc%11)ncc%10n(c7cc6c(c2)c34)c89)C(=O)C2(C)CCC5(C)CC2)c(CC)c1.CCc1ccccc1. The second-order valence-electron chi connectivity index (χ2n) is 32.4. The highest BCUT2D eigenvalue weighted by Gasteiger charge is 2.72. The van der Waals surface area contributed by atoms with Crippen molar-refractivity contribution in [2.24, 2.45) is 5.41 Å². The lowest BCUT2D eigenvalue weighted by Crippen LogP contribution is -2.71. The highest BCUT2D eigenvalue weighted by Crippen LogP contribution is 2.72. The molecule has 4 aliphatic carbocycles. The van der Waals surface area contributed by atoms with Gasteiger partial charge in [-0.05, 0) is 209 Å². The number of pyridine rings is 1. The molecule has 2 saturated carbocycles. The number of fused-ring (bicyclic) bond motifs is 14. The molecule has 4 aliphatic rings. The fraction of sp³-hybridized carbons (Fsp3) is 0.348. The third-order valence-electron chi connectivity index (χ3n) is 25.7. The van der Waals surface area contributed by atoms with Crippen LogP contribution in [0.1, 0.15) is 207 Å². The van der Waals surface area contributed by atoms with Gasteiger partial charge in [0.05, 0.1) is 45.0 Å². The van der Waals surface area contributed by atoms with Gasteiger partial charge in [-0.2, -0.15) is 0 Å². The molecule has 484 valence electrons. The van der Waals surface area contributed by atoms with Crippen molar-refractivity contribution in [2.75, 3.05) is 0 Å². The molecule has 2 fully saturated rings. The zero-order chi connectivity index (χ0) is 66.8. The molecule has 5 heterocycles. The number of ketones is 1. The smallest absolute Gasteiger partial charge is 0.169 e. The Morgan fingerprint density at radius 1 is 0.479 bits per heavy atom. The maximum Gasteiger partial charge on any atom is 0.169 e. The van der Waals surface area contributed by atoms with Crippen LogP contribution < -0.4 is 0 Å². The van der Waals surface area contributed by atoms with E-state index in [1.807, 2.05) is 6.07 Å². The first-order valence-electron chi connectivity index (χ1n) is 36.3. The topological polar surface area (TPSA) is 38.8 Å². The third-order valence-corrected chi connectivity index (χ3v) is 25.7. The largest absolute Gasteiger partial charge is 0.308 e. The van der Waals surface area contributed by atoms with Crippen molar-refractivity contribution < 1.29 is 4.79 Å². The van der Waals surface area contributed by atoms with Crippen molar-refractivity contribution in [3.05, 3.63) is 255 Å². The summed E-state index contributed by atoms with van der Waals surface area (Å²) in [4.78, 5) is 21.2. The molecule has 2 unspecified atom stereocenters. The molecule has 14 aromatic rings. The minimum Gasteiger partial charge on any atom is -0.308 e. The summed E-state index contributed by atoms with van der Waals surface area (Å²) >= 11 is 0. The van der Waals surface area contributed by atoms with E-state index in [-0.39, 0.29) is 32.5 Å². The number of carbonyl (C=O) groups excluding carboxylic acids is 1. The van der Waals surface area contributed by atoms with Crippen LogP contribution in [0.3, 0.4) is 0 Å². The molecule has 4 heteroatoms. The molecule has 2 atom stereocenters. The molecule has 9 aromatic carbocycles. The number of hydrogen-bond acceptors (Lipinski definition) is 2. The van der Waals surface area contributed by atoms with E-state index in [0.717, 1.165) is 81.7 Å². The minimum absolute atomic E-state index is 0.0395. The van der Waals surface area contributed by atoms with E-state index >= 15 is 4.79 Å². The highest BCUT2D eigenvalue weighted by molar-refractivity contribution is 6.30. The molecule has 0 spiro atoms. The average molecular weight is 1260 g/mol. The number of rotatable bonds is 12. The van der Waals surface area contributed by atoms with E-state index in [4.69, 9.17) is 4.98 Å². The van der Waals surface area contributed by atoms with Crippen molar-refractivity contribution in [3.63, 3.8) is 0 Å². The van der Waals surface area contributed by atoms with E-state index in [2.05, 4.69) is 288 Å². The number of carbonyl (C=O) groups is 1. The summed E-state index contributed by atoms with van der Waals surface area (Å²) in [6.07, 6.45) is 13.3. The van der Waals surface area contributed by atoms with Gasteiger partial charge in [0.25, 0.3) is 0 Å². The number of Topliss-reactive ketones (excluding diaryl/α,β-unsaturated/α-hetero) is 1. The second-order valence-corrected chi connectivity index (χ2v) is 32.4. The minimum atomic E-state index is -0.397. The summed E-state index contributed by atoms with van der Waals surface area (Å²) in [5.41, 5.74) is 24.3. The monoisotopic (exact) mass is 1260 g/mol. The van der Waals surface area contributed by atoms with E-state index < -0.39 is 5.41 Å². The summed E-state index contributed by atoms with van der Waals surface area (Å²) in [6, 6.07) is 69.6. The quantitative estimate of drug-likeness (QED) is 0.122. The maximum atomic E-state index is 15.1. The first-order valence-corrected chi connectivity index (χ1v) is 36.3. The zero-order valence-electron chi connectivity index (χ0n) is 59.4. The Morgan fingerprint density at radius 2 is 0.958 bits per heavy atom. The molecule has 96 heavy (non-hydrogen) atoms. The van der Waals surface area contributed by atoms with Crippen LogP contribution in [-0.4, -0.2) is 19.6 Å². The normalized spacial score (nSPS) is 22.1. The van der Waals surface area contributed by atoms with Gasteiger partial charge < -0.3 is 8.80 Å². The van der Waals surface area contributed by atoms with Crippen molar-refractivity contribution in [1.29, 1.82) is 0 Å². The van der Waals surface area contributed by atoms with E-state index in [9.17, 15) is 0 Å². The van der Waals surface area contributed by atoms with Crippen LogP contribution in [0.25, 0.3) is 87.3 Å². The molecule has 0 N–H and O–H groups in total. The maximum absolute atomic E-state index is 15.1. The van der Waals surface area contributed by atoms with Gasteiger partial charge in [-0.25, -0.2) is 0 Å². The van der Waals surface area contributed by atoms with Gasteiger partial charge in [0.1, 0.15) is 0 Å². The van der Waals surface area contributed by atoms with Crippen LogP contribution in [0.15, 0.2) is 188 Å². The van der Waals surface area contributed by atoms with E-state index in [1.54, 1.807) is 0 Å². The number of benzene rings is 9. The molecule has 2 bridgehead atoms. The van der Waals surface area contributed by atoms with Crippen LogP contribution in [0, 0.1) is 12.3 Å². The molecule has 0 aliphatic heterocycles. The summed E-state index contributed by atoms with van der Waals surface area (Å²) < 4.78 is 5.19. The summed E-state index contributed by atoms with van der Waals surface area (Å²) in [6.45, 7) is 33.4. The van der Waals surface area contributed by atoms with Crippen LogP contribution in [0.2, 0.25) is 0 Å². The molecule has 0 amide bonds. The fourth-order valence-electron chi connectivity index (χ4n) is 19.9. The van der Waals surface area contributed by atoms with Gasteiger partial charge in [-0.1, -0.05) is 223 Å². The molecular formula is C92H95N3O. The highest BCUT2D eigenvalue weighted by atomic mass is 16.1. The Morgan fingerprint density at radius 3 is 1.49 bits per heavy atom. The van der Waals surface area contributed by atoms with Crippen LogP contribution in [-0.2, 0) is 58.2 Å². The Labute approximate surface area is 568 Å². The Balaban J connectivity index is 0.000000847. The Bertz CT molecular complexity index is 5320. The summed E-state index contributed by atoms with van der Waals surface area (Å²) in [5.74, 6) is 0.335. The van der Waals surface area contributed by atoms with Crippen LogP contribution >= 0.6 is 0 Å². The number of aromatic nitrogens is 3. The van der Waals surface area contributed by atoms with Gasteiger partial charge in [0.2, 0.25) is 0 Å². The third kappa shape index (κ3) is 8.77. The van der Waals surface area contributed by atoms with Crippen LogP contribution in [0.4, 0.5) is 0 Å². The first kappa shape index (κ1) is 62.2. The lowest BCUT2D eigenvalue weighted by Gasteiger charge is -2.70. The first-order chi connectivity index (χ1) is 46.0. The van der Waals surface area contributed by atoms with Crippen LogP contribution in [0.5, 0.6) is 0 Å². The molecule has 4 nitrogen and oxygen atoms in total. The molecule has 5 aromatic heterocycles. The zero-order valence-corrected chi connectivity index (χ0v) is 59.4. The standard InChI is InChI=1S/C84H85N3O.C8H10/c1-14-51-38-52(15-2)73(53(16-3)39-51)54-40-62-59-44-67-65(77(88)81(11)35-33-80(67,10)34-36-81)47-70(59)86-68-46-61-64-42-58(78(5,6)7)43-66-72-50(4)76(85-48-71(72)87(75(64)66)69(61)45-60(68)63(41-54)74(62)86)84(37-32-79(8,9)55-26-20-17-21-27-55)82(12,56-28-22-18-23-29-56)49-83(84,13)57-30-24-19-25-31-57;1-2-8-6-4-3-5-7-8/h17-31,38-48H,14-16,32-37,49H2,1-13H3;3-7H,2H2,1H3. The van der Waals surface area contributed by atoms with Crippen molar-refractivity contribution >= 4 is 82.0 Å². The van der Waals surface area contributed by atoms with Gasteiger partial charge in [0, 0.05) is 70.3 Å². The Kier molecular flexibility index (Phi) is 14.2. The molecule has 0 radical (unpaired) electrons. The number of nitrogens with zero attached hydrogens (tertiary/aromatic N) is 3. The van der Waals surface area contributed by atoms with Gasteiger partial charge in [-0.15, -0.1) is 0 Å². The summed E-state index contributed by atoms with van der Waals surface area (Å²) in [5, 5.41) is 10.2. The number of hydrogen-bond donors (Lipinski definition) is 0. The van der Waals surface area contributed by atoms with Gasteiger partial charge >= 0.3 is 0 Å². The lowest BCUT2D eigenvalue weighted by atomic mass is 9.32. The second kappa shape index (κ2) is 22.0. The molecule has 18 rings (SSSR count). The molecule has 0 saturated heterocycles. The van der Waals surface area contributed by atoms with Crippen molar-refractivity contribution in [2.45, 2.75) is 200 Å².